The number of aryl methyl sites for hydroxylation is 2. The molecule has 1 amide bonds. The molecule has 0 atom stereocenters. The number of hydrogen-bond donors (Lipinski definition) is 1. The summed E-state index contributed by atoms with van der Waals surface area (Å²) in [7, 11) is 0. The van der Waals surface area contributed by atoms with Crippen LogP contribution in [-0.2, 0) is 12.8 Å². The Labute approximate surface area is 177 Å². The summed E-state index contributed by atoms with van der Waals surface area (Å²) in [6.07, 6.45) is 1.74. The molecule has 1 N–H and O–H groups in total. The number of fused-ring (bicyclic) bond motifs is 1. The second kappa shape index (κ2) is 8.50. The fourth-order valence-corrected chi connectivity index (χ4v) is 4.06. The highest BCUT2D eigenvalue weighted by molar-refractivity contribution is 6.14. The van der Waals surface area contributed by atoms with E-state index in [1.165, 1.54) is 0 Å². The first-order valence-electron chi connectivity index (χ1n) is 10.5. The van der Waals surface area contributed by atoms with Crippen LogP contribution in [0.3, 0.4) is 0 Å². The third-order valence-corrected chi connectivity index (χ3v) is 5.65. The van der Waals surface area contributed by atoms with Gasteiger partial charge in [0.2, 0.25) is 0 Å². The maximum absolute atomic E-state index is 13.6. The third-order valence-electron chi connectivity index (χ3n) is 5.65. The Morgan fingerprint density at radius 3 is 2.13 bits per heavy atom. The van der Waals surface area contributed by atoms with E-state index in [4.69, 9.17) is 4.98 Å². The van der Waals surface area contributed by atoms with Crippen molar-refractivity contribution >= 4 is 22.5 Å². The lowest BCUT2D eigenvalue weighted by atomic mass is 9.96. The normalized spacial score (nSPS) is 10.9. The fraction of sp³-hybridized carbons (Fsp3) is 0.185. The van der Waals surface area contributed by atoms with Gasteiger partial charge in [0, 0.05) is 16.6 Å². The number of hydrogen-bond acceptors (Lipinski definition) is 2. The smallest absolute Gasteiger partial charge is 0.256 e. The van der Waals surface area contributed by atoms with Crippen molar-refractivity contribution in [3.63, 3.8) is 0 Å². The summed E-state index contributed by atoms with van der Waals surface area (Å²) in [4.78, 5) is 18.5. The van der Waals surface area contributed by atoms with E-state index in [1.54, 1.807) is 0 Å². The molecule has 0 aliphatic heterocycles. The van der Waals surface area contributed by atoms with Crippen molar-refractivity contribution in [3.05, 3.63) is 95.1 Å². The summed E-state index contributed by atoms with van der Waals surface area (Å²) in [5.41, 5.74) is 7.51. The molecule has 0 aliphatic carbocycles. The average Bonchev–Trinajstić information content (AvgIpc) is 2.79. The number of para-hydroxylation sites is 2. The highest BCUT2D eigenvalue weighted by atomic mass is 16.1. The van der Waals surface area contributed by atoms with Crippen LogP contribution in [0.5, 0.6) is 0 Å². The lowest BCUT2D eigenvalue weighted by Gasteiger charge is -2.18. The molecule has 0 fully saturated rings. The second-order valence-electron chi connectivity index (χ2n) is 7.46. The van der Waals surface area contributed by atoms with Crippen LogP contribution < -0.4 is 5.32 Å². The van der Waals surface area contributed by atoms with Crippen molar-refractivity contribution in [2.75, 3.05) is 5.32 Å². The van der Waals surface area contributed by atoms with Gasteiger partial charge >= 0.3 is 0 Å². The Morgan fingerprint density at radius 2 is 1.47 bits per heavy atom. The summed E-state index contributed by atoms with van der Waals surface area (Å²) >= 11 is 0. The van der Waals surface area contributed by atoms with Crippen molar-refractivity contribution in [1.29, 1.82) is 0 Å². The highest BCUT2D eigenvalue weighted by Crippen LogP contribution is 2.31. The molecule has 0 radical (unpaired) electrons. The molecule has 1 aromatic heterocycles. The minimum atomic E-state index is -0.0844. The molecule has 3 nitrogen and oxygen atoms in total. The van der Waals surface area contributed by atoms with Gasteiger partial charge in [-0.3, -0.25) is 4.79 Å². The molecule has 4 rings (SSSR count). The summed E-state index contributed by atoms with van der Waals surface area (Å²) in [5.74, 6) is -0.0844. The van der Waals surface area contributed by atoms with Crippen LogP contribution in [0.2, 0.25) is 0 Å². The minimum Gasteiger partial charge on any atom is -0.321 e. The van der Waals surface area contributed by atoms with Crippen LogP contribution in [0.25, 0.3) is 22.2 Å². The first-order chi connectivity index (χ1) is 14.6. The second-order valence-corrected chi connectivity index (χ2v) is 7.46. The molecule has 30 heavy (non-hydrogen) atoms. The molecule has 3 heteroatoms. The number of carbonyl (C=O) groups excluding carboxylic acids is 1. The minimum absolute atomic E-state index is 0.0844. The highest BCUT2D eigenvalue weighted by Gasteiger charge is 2.20. The van der Waals surface area contributed by atoms with Crippen molar-refractivity contribution < 1.29 is 4.79 Å². The standard InChI is InChI=1S/C27H26N2O/c1-4-19-14-11-15-20(5-2)26(19)29-27(30)24-18(3)25(21-12-7-6-8-13-21)28-23-17-10-9-16-22(23)24/h6-17H,4-5H2,1-3H3,(H,29,30). The van der Waals surface area contributed by atoms with Crippen LogP contribution in [0.4, 0.5) is 5.69 Å². The summed E-state index contributed by atoms with van der Waals surface area (Å²) in [6, 6.07) is 24.1. The Hall–Kier alpha value is -3.46. The maximum Gasteiger partial charge on any atom is 0.256 e. The molecule has 0 spiro atoms. The first-order valence-corrected chi connectivity index (χ1v) is 10.5. The van der Waals surface area contributed by atoms with Gasteiger partial charge in [-0.2, -0.15) is 0 Å². The number of carbonyl (C=O) groups is 1. The maximum atomic E-state index is 13.6. The number of nitrogens with one attached hydrogen (secondary N) is 1. The monoisotopic (exact) mass is 394 g/mol. The Kier molecular flexibility index (Phi) is 5.62. The predicted octanol–water partition coefficient (Wildman–Crippen LogP) is 6.59. The van der Waals surface area contributed by atoms with E-state index < -0.39 is 0 Å². The van der Waals surface area contributed by atoms with Gasteiger partial charge in [-0.15, -0.1) is 0 Å². The van der Waals surface area contributed by atoms with Gasteiger partial charge in [0.25, 0.3) is 5.91 Å². The zero-order valence-electron chi connectivity index (χ0n) is 17.7. The van der Waals surface area contributed by atoms with E-state index in [9.17, 15) is 4.79 Å². The number of aromatic nitrogens is 1. The van der Waals surface area contributed by atoms with Crippen molar-refractivity contribution in [2.45, 2.75) is 33.6 Å². The number of rotatable bonds is 5. The lowest BCUT2D eigenvalue weighted by Crippen LogP contribution is -2.17. The van der Waals surface area contributed by atoms with E-state index >= 15 is 0 Å². The number of pyridine rings is 1. The van der Waals surface area contributed by atoms with E-state index in [1.807, 2.05) is 61.5 Å². The van der Waals surface area contributed by atoms with Crippen LogP contribution in [0.15, 0.2) is 72.8 Å². The number of anilines is 1. The largest absolute Gasteiger partial charge is 0.321 e. The molecule has 0 saturated carbocycles. The fourth-order valence-electron chi connectivity index (χ4n) is 4.06. The molecule has 1 heterocycles. The summed E-state index contributed by atoms with van der Waals surface area (Å²) < 4.78 is 0. The molecular weight excluding hydrogens is 368 g/mol. The van der Waals surface area contributed by atoms with Gasteiger partial charge in [0.05, 0.1) is 16.8 Å². The number of benzene rings is 3. The van der Waals surface area contributed by atoms with Gasteiger partial charge < -0.3 is 5.32 Å². The summed E-state index contributed by atoms with van der Waals surface area (Å²) in [5, 5.41) is 4.12. The Bertz CT molecular complexity index is 1190. The third kappa shape index (κ3) is 3.59. The van der Waals surface area contributed by atoms with Crippen LogP contribution >= 0.6 is 0 Å². The molecule has 0 unspecified atom stereocenters. The number of nitrogens with zero attached hydrogens (tertiary/aromatic N) is 1. The average molecular weight is 395 g/mol. The van der Waals surface area contributed by atoms with E-state index in [0.717, 1.165) is 57.4 Å². The molecule has 3 aromatic carbocycles. The van der Waals surface area contributed by atoms with Crippen molar-refractivity contribution in [3.8, 4) is 11.3 Å². The SMILES string of the molecule is CCc1cccc(CC)c1NC(=O)c1c(C)c(-c2ccccc2)nc2ccccc12. The topological polar surface area (TPSA) is 42.0 Å². The molecule has 0 bridgehead atoms. The Balaban J connectivity index is 1.89. The van der Waals surface area contributed by atoms with Gasteiger partial charge in [-0.05, 0) is 42.5 Å². The van der Waals surface area contributed by atoms with Crippen LogP contribution in [0.1, 0.15) is 40.9 Å². The van der Waals surface area contributed by atoms with Gasteiger partial charge in [-0.25, -0.2) is 4.98 Å². The van der Waals surface area contributed by atoms with Crippen LogP contribution in [0, 0.1) is 6.92 Å². The van der Waals surface area contributed by atoms with Crippen molar-refractivity contribution in [1.82, 2.24) is 4.98 Å². The molecule has 0 saturated heterocycles. The zero-order valence-corrected chi connectivity index (χ0v) is 17.7. The van der Waals surface area contributed by atoms with Gasteiger partial charge in [-0.1, -0.05) is 80.6 Å². The summed E-state index contributed by atoms with van der Waals surface area (Å²) in [6.45, 7) is 6.22. The molecule has 4 aromatic rings. The van der Waals surface area contributed by atoms with E-state index in [-0.39, 0.29) is 5.91 Å². The predicted molar refractivity (Wildman–Crippen MR) is 125 cm³/mol. The molecule has 150 valence electrons. The molecule has 0 aliphatic rings. The first kappa shape index (κ1) is 19.8. The van der Waals surface area contributed by atoms with E-state index in [0.29, 0.717) is 5.56 Å². The van der Waals surface area contributed by atoms with Crippen molar-refractivity contribution in [2.24, 2.45) is 0 Å². The quantitative estimate of drug-likeness (QED) is 0.415. The van der Waals surface area contributed by atoms with E-state index in [2.05, 4.69) is 37.4 Å². The lowest BCUT2D eigenvalue weighted by molar-refractivity contribution is 0.102. The Morgan fingerprint density at radius 1 is 0.833 bits per heavy atom. The number of amides is 1. The zero-order chi connectivity index (χ0) is 21.1. The van der Waals surface area contributed by atoms with Gasteiger partial charge in [0.1, 0.15) is 0 Å². The van der Waals surface area contributed by atoms with Crippen LogP contribution in [-0.4, -0.2) is 10.9 Å². The molecular formula is C27H26N2O. The van der Waals surface area contributed by atoms with Gasteiger partial charge in [0.15, 0.2) is 0 Å².